The molecule has 2 aromatic rings. The van der Waals surface area contributed by atoms with Crippen LogP contribution in [-0.4, -0.2) is 62.9 Å². The number of amides is 1. The zero-order valence-electron chi connectivity index (χ0n) is 15.2. The number of benzene rings is 2. The molecule has 7 heteroatoms. The average molecular weight is 388 g/mol. The van der Waals surface area contributed by atoms with Crippen LogP contribution in [0.3, 0.4) is 0 Å². The summed E-state index contributed by atoms with van der Waals surface area (Å²) in [5, 5.41) is 1.93. The van der Waals surface area contributed by atoms with Gasteiger partial charge in [-0.25, -0.2) is 8.42 Å². The Labute approximate surface area is 159 Å². The van der Waals surface area contributed by atoms with Crippen molar-refractivity contribution in [3.8, 4) is 0 Å². The van der Waals surface area contributed by atoms with Gasteiger partial charge < -0.3 is 9.64 Å². The van der Waals surface area contributed by atoms with Crippen LogP contribution >= 0.6 is 0 Å². The summed E-state index contributed by atoms with van der Waals surface area (Å²) in [7, 11) is -3.55. The first-order valence-electron chi connectivity index (χ1n) is 9.41. The number of carbonyl (C=O) groups is 1. The van der Waals surface area contributed by atoms with Crippen LogP contribution in [0.5, 0.6) is 0 Å². The number of rotatable bonds is 3. The summed E-state index contributed by atoms with van der Waals surface area (Å²) in [5.41, 5.74) is 0. The number of hydrogen-bond donors (Lipinski definition) is 0. The van der Waals surface area contributed by atoms with Crippen molar-refractivity contribution in [1.82, 2.24) is 9.21 Å². The van der Waals surface area contributed by atoms with Gasteiger partial charge in [-0.2, -0.15) is 4.31 Å². The second kappa shape index (κ2) is 7.58. The van der Waals surface area contributed by atoms with Crippen molar-refractivity contribution < 1.29 is 17.9 Å². The summed E-state index contributed by atoms with van der Waals surface area (Å²) in [4.78, 5) is 14.7. The SMILES string of the molecule is O=C(C1CCOCC1)N1CCN(S(=O)(=O)c2ccc3ccccc3c2)CC1. The lowest BCUT2D eigenvalue weighted by molar-refractivity contribution is -0.139. The zero-order chi connectivity index (χ0) is 18.9. The molecule has 2 heterocycles. The minimum atomic E-state index is -3.55. The molecule has 0 aliphatic carbocycles. The molecule has 0 aromatic heterocycles. The quantitative estimate of drug-likeness (QED) is 0.808. The van der Waals surface area contributed by atoms with Crippen molar-refractivity contribution >= 4 is 26.7 Å². The Morgan fingerprint density at radius 3 is 2.30 bits per heavy atom. The lowest BCUT2D eigenvalue weighted by Gasteiger charge is -2.36. The molecule has 27 heavy (non-hydrogen) atoms. The first kappa shape index (κ1) is 18.4. The highest BCUT2D eigenvalue weighted by Gasteiger charge is 2.33. The van der Waals surface area contributed by atoms with Crippen LogP contribution in [0, 0.1) is 5.92 Å². The van der Waals surface area contributed by atoms with E-state index < -0.39 is 10.0 Å². The monoisotopic (exact) mass is 388 g/mol. The number of piperazine rings is 1. The van der Waals surface area contributed by atoms with Crippen molar-refractivity contribution in [3.05, 3.63) is 42.5 Å². The molecule has 2 aliphatic rings. The van der Waals surface area contributed by atoms with Gasteiger partial charge in [0.25, 0.3) is 0 Å². The molecule has 2 fully saturated rings. The Bertz CT molecular complexity index is 930. The molecule has 4 rings (SSSR count). The lowest BCUT2D eigenvalue weighted by Crippen LogP contribution is -2.52. The predicted molar refractivity (Wildman–Crippen MR) is 103 cm³/mol. The molecule has 2 aromatic carbocycles. The van der Waals surface area contributed by atoms with Gasteiger partial charge in [-0.1, -0.05) is 30.3 Å². The number of ether oxygens (including phenoxy) is 1. The summed E-state index contributed by atoms with van der Waals surface area (Å²) in [6.07, 6.45) is 1.52. The molecule has 0 radical (unpaired) electrons. The van der Waals surface area contributed by atoms with Gasteiger partial charge >= 0.3 is 0 Å². The maximum atomic E-state index is 13.0. The fourth-order valence-electron chi connectivity index (χ4n) is 3.83. The molecule has 1 amide bonds. The minimum absolute atomic E-state index is 0.0161. The van der Waals surface area contributed by atoms with E-state index in [4.69, 9.17) is 4.74 Å². The Morgan fingerprint density at radius 2 is 1.59 bits per heavy atom. The number of nitrogens with zero attached hydrogens (tertiary/aromatic N) is 2. The summed E-state index contributed by atoms with van der Waals surface area (Å²) in [5.74, 6) is 0.156. The van der Waals surface area contributed by atoms with E-state index in [0.29, 0.717) is 44.3 Å². The average Bonchev–Trinajstić information content (AvgIpc) is 2.73. The summed E-state index contributed by atoms with van der Waals surface area (Å²) >= 11 is 0. The molecule has 0 unspecified atom stereocenters. The third-order valence-corrected chi connectivity index (χ3v) is 7.37. The van der Waals surface area contributed by atoms with Crippen LogP contribution in [-0.2, 0) is 19.6 Å². The molecule has 0 spiro atoms. The smallest absolute Gasteiger partial charge is 0.243 e. The highest BCUT2D eigenvalue weighted by atomic mass is 32.2. The number of sulfonamides is 1. The van der Waals surface area contributed by atoms with Gasteiger partial charge in [0, 0.05) is 45.3 Å². The fourth-order valence-corrected chi connectivity index (χ4v) is 5.29. The van der Waals surface area contributed by atoms with Crippen LogP contribution in [0.4, 0.5) is 0 Å². The van der Waals surface area contributed by atoms with E-state index in [1.54, 1.807) is 12.1 Å². The molecule has 2 aliphatic heterocycles. The Balaban J connectivity index is 1.45. The summed E-state index contributed by atoms with van der Waals surface area (Å²) < 4.78 is 32.8. The summed E-state index contributed by atoms with van der Waals surface area (Å²) in [6.45, 7) is 2.83. The van der Waals surface area contributed by atoms with E-state index in [2.05, 4.69) is 0 Å². The van der Waals surface area contributed by atoms with Crippen LogP contribution in [0.2, 0.25) is 0 Å². The number of hydrogen-bond acceptors (Lipinski definition) is 4. The van der Waals surface area contributed by atoms with Crippen molar-refractivity contribution in [2.24, 2.45) is 5.92 Å². The van der Waals surface area contributed by atoms with Crippen LogP contribution in [0.25, 0.3) is 10.8 Å². The molecular formula is C20H24N2O4S. The molecule has 2 saturated heterocycles. The minimum Gasteiger partial charge on any atom is -0.381 e. The van der Waals surface area contributed by atoms with E-state index in [0.717, 1.165) is 23.6 Å². The number of fused-ring (bicyclic) bond motifs is 1. The van der Waals surface area contributed by atoms with Gasteiger partial charge in [0.1, 0.15) is 0 Å². The first-order valence-corrected chi connectivity index (χ1v) is 10.9. The van der Waals surface area contributed by atoms with E-state index >= 15 is 0 Å². The van der Waals surface area contributed by atoms with Crippen LogP contribution in [0.15, 0.2) is 47.4 Å². The highest BCUT2D eigenvalue weighted by Crippen LogP contribution is 2.24. The molecule has 0 bridgehead atoms. The third-order valence-electron chi connectivity index (χ3n) is 5.48. The van der Waals surface area contributed by atoms with Gasteiger partial charge in [0.15, 0.2) is 0 Å². The summed E-state index contributed by atoms with van der Waals surface area (Å²) in [6, 6.07) is 12.9. The lowest BCUT2D eigenvalue weighted by atomic mass is 9.98. The van der Waals surface area contributed by atoms with Crippen molar-refractivity contribution in [1.29, 1.82) is 0 Å². The van der Waals surface area contributed by atoms with Gasteiger partial charge in [-0.05, 0) is 35.7 Å². The van der Waals surface area contributed by atoms with Gasteiger partial charge in [-0.3, -0.25) is 4.79 Å². The van der Waals surface area contributed by atoms with Crippen molar-refractivity contribution in [2.45, 2.75) is 17.7 Å². The van der Waals surface area contributed by atoms with Crippen molar-refractivity contribution in [2.75, 3.05) is 39.4 Å². The fraction of sp³-hybridized carbons (Fsp3) is 0.450. The number of carbonyl (C=O) groups excluding carboxylic acids is 1. The maximum Gasteiger partial charge on any atom is 0.243 e. The first-order chi connectivity index (χ1) is 13.1. The zero-order valence-corrected chi connectivity index (χ0v) is 16.0. The van der Waals surface area contributed by atoms with Gasteiger partial charge in [0.2, 0.25) is 15.9 Å². The van der Waals surface area contributed by atoms with E-state index in [9.17, 15) is 13.2 Å². The largest absolute Gasteiger partial charge is 0.381 e. The Kier molecular flexibility index (Phi) is 5.16. The molecule has 0 N–H and O–H groups in total. The predicted octanol–water partition coefficient (Wildman–Crippen LogP) is 2.10. The molecular weight excluding hydrogens is 364 g/mol. The highest BCUT2D eigenvalue weighted by molar-refractivity contribution is 7.89. The third kappa shape index (κ3) is 3.72. The van der Waals surface area contributed by atoms with E-state index in [-0.39, 0.29) is 11.8 Å². The van der Waals surface area contributed by atoms with Crippen LogP contribution in [0.1, 0.15) is 12.8 Å². The van der Waals surface area contributed by atoms with Crippen LogP contribution < -0.4 is 0 Å². The van der Waals surface area contributed by atoms with E-state index in [1.807, 2.05) is 35.2 Å². The van der Waals surface area contributed by atoms with E-state index in [1.165, 1.54) is 4.31 Å². The maximum absolute atomic E-state index is 13.0. The normalized spacial score (nSPS) is 20.1. The van der Waals surface area contributed by atoms with Crippen molar-refractivity contribution in [3.63, 3.8) is 0 Å². The van der Waals surface area contributed by atoms with Gasteiger partial charge in [-0.15, -0.1) is 0 Å². The molecule has 0 saturated carbocycles. The Hall–Kier alpha value is -1.96. The molecule has 0 atom stereocenters. The molecule has 144 valence electrons. The topological polar surface area (TPSA) is 66.9 Å². The van der Waals surface area contributed by atoms with Gasteiger partial charge in [0.05, 0.1) is 4.90 Å². The standard InChI is InChI=1S/C20H24N2O4S/c23-20(17-7-13-26-14-8-17)21-9-11-22(12-10-21)27(24,25)19-6-5-16-3-1-2-4-18(16)15-19/h1-6,15,17H,7-14H2. The molecule has 6 nitrogen and oxygen atoms in total. The second-order valence-electron chi connectivity index (χ2n) is 7.12. The second-order valence-corrected chi connectivity index (χ2v) is 9.06. The Morgan fingerprint density at radius 1 is 0.926 bits per heavy atom.